The van der Waals surface area contributed by atoms with E-state index in [4.69, 9.17) is 9.52 Å². The average molecular weight is 328 g/mol. The second-order valence-electron chi connectivity index (χ2n) is 5.98. The third-order valence-corrected chi connectivity index (χ3v) is 4.24. The standard InChI is InChI=1S/C18H20N2O4/c21-17(19-10-15-6-7-16(24-15)18(22)23)12-20-9-8-14(11-20)13-4-2-1-3-5-13/h1-7,14H,8-12H2,(H,19,21)(H,22,23)/t14-/m0/s1. The summed E-state index contributed by atoms with van der Waals surface area (Å²) in [5, 5.41) is 11.6. The monoisotopic (exact) mass is 328 g/mol. The van der Waals surface area contributed by atoms with E-state index in [0.717, 1.165) is 19.5 Å². The fourth-order valence-corrected chi connectivity index (χ4v) is 3.01. The van der Waals surface area contributed by atoms with Crippen molar-refractivity contribution in [3.63, 3.8) is 0 Å². The summed E-state index contributed by atoms with van der Waals surface area (Å²) < 4.78 is 5.11. The van der Waals surface area contributed by atoms with Crippen LogP contribution in [0.1, 0.15) is 34.2 Å². The number of hydrogen-bond acceptors (Lipinski definition) is 4. The third kappa shape index (κ3) is 4.02. The molecule has 1 aromatic heterocycles. The zero-order chi connectivity index (χ0) is 16.9. The fraction of sp³-hybridized carbons (Fsp3) is 0.333. The van der Waals surface area contributed by atoms with E-state index in [1.54, 1.807) is 6.07 Å². The molecule has 1 atom stereocenters. The summed E-state index contributed by atoms with van der Waals surface area (Å²) in [4.78, 5) is 24.9. The lowest BCUT2D eigenvalue weighted by Crippen LogP contribution is -2.35. The quantitative estimate of drug-likeness (QED) is 0.848. The van der Waals surface area contributed by atoms with Gasteiger partial charge in [-0.3, -0.25) is 9.69 Å². The largest absolute Gasteiger partial charge is 0.475 e. The predicted octanol–water partition coefficient (Wildman–Crippen LogP) is 2.08. The normalized spacial score (nSPS) is 17.8. The lowest BCUT2D eigenvalue weighted by molar-refractivity contribution is -0.122. The van der Waals surface area contributed by atoms with Gasteiger partial charge in [-0.15, -0.1) is 0 Å². The van der Waals surface area contributed by atoms with Gasteiger partial charge in [-0.05, 0) is 36.6 Å². The summed E-state index contributed by atoms with van der Waals surface area (Å²) in [5.74, 6) is -0.412. The number of hydrogen-bond donors (Lipinski definition) is 2. The maximum Gasteiger partial charge on any atom is 0.371 e. The molecule has 0 spiro atoms. The van der Waals surface area contributed by atoms with Gasteiger partial charge in [-0.25, -0.2) is 4.79 Å². The van der Waals surface area contributed by atoms with E-state index in [0.29, 0.717) is 18.2 Å². The van der Waals surface area contributed by atoms with E-state index < -0.39 is 5.97 Å². The van der Waals surface area contributed by atoms with Gasteiger partial charge >= 0.3 is 5.97 Å². The molecule has 2 aromatic rings. The van der Waals surface area contributed by atoms with Gasteiger partial charge in [-0.2, -0.15) is 0 Å². The number of furan rings is 1. The topological polar surface area (TPSA) is 82.8 Å². The summed E-state index contributed by atoms with van der Waals surface area (Å²) in [7, 11) is 0. The molecule has 0 bridgehead atoms. The summed E-state index contributed by atoms with van der Waals surface area (Å²) >= 11 is 0. The van der Waals surface area contributed by atoms with Crippen molar-refractivity contribution in [3.05, 3.63) is 59.5 Å². The van der Waals surface area contributed by atoms with E-state index in [1.165, 1.54) is 11.6 Å². The second kappa shape index (κ2) is 7.31. The molecule has 126 valence electrons. The highest BCUT2D eigenvalue weighted by Crippen LogP contribution is 2.26. The van der Waals surface area contributed by atoms with Crippen LogP contribution in [0.25, 0.3) is 0 Å². The third-order valence-electron chi connectivity index (χ3n) is 4.24. The number of aromatic carboxylic acids is 1. The lowest BCUT2D eigenvalue weighted by atomic mass is 9.99. The number of benzene rings is 1. The minimum Gasteiger partial charge on any atom is -0.475 e. The Balaban J connectivity index is 1.44. The van der Waals surface area contributed by atoms with Crippen molar-refractivity contribution < 1.29 is 19.1 Å². The van der Waals surface area contributed by atoms with E-state index in [9.17, 15) is 9.59 Å². The number of carboxylic acids is 1. The molecule has 0 saturated carbocycles. The molecule has 6 heteroatoms. The van der Waals surface area contributed by atoms with Crippen molar-refractivity contribution in [2.75, 3.05) is 19.6 Å². The number of nitrogens with zero attached hydrogens (tertiary/aromatic N) is 1. The van der Waals surface area contributed by atoms with Crippen molar-refractivity contribution in [3.8, 4) is 0 Å². The van der Waals surface area contributed by atoms with Gasteiger partial charge in [0.2, 0.25) is 11.7 Å². The van der Waals surface area contributed by atoms with Gasteiger partial charge in [0.1, 0.15) is 5.76 Å². The number of rotatable bonds is 6. The van der Waals surface area contributed by atoms with Gasteiger partial charge in [0.05, 0.1) is 13.1 Å². The van der Waals surface area contributed by atoms with Crippen molar-refractivity contribution in [2.45, 2.75) is 18.9 Å². The Bertz CT molecular complexity index is 711. The molecule has 1 aliphatic heterocycles. The van der Waals surface area contributed by atoms with Crippen molar-refractivity contribution in [2.24, 2.45) is 0 Å². The van der Waals surface area contributed by atoms with E-state index >= 15 is 0 Å². The number of nitrogens with one attached hydrogen (secondary N) is 1. The minimum absolute atomic E-state index is 0.0861. The Morgan fingerprint density at radius 3 is 2.71 bits per heavy atom. The number of amides is 1. The van der Waals surface area contributed by atoms with Crippen LogP contribution in [0.5, 0.6) is 0 Å². The molecule has 1 saturated heterocycles. The molecule has 0 radical (unpaired) electrons. The van der Waals surface area contributed by atoms with E-state index in [1.807, 2.05) is 18.2 Å². The zero-order valence-corrected chi connectivity index (χ0v) is 13.3. The number of carbonyl (C=O) groups excluding carboxylic acids is 1. The molecule has 3 rings (SSSR count). The Morgan fingerprint density at radius 2 is 2.00 bits per heavy atom. The van der Waals surface area contributed by atoms with E-state index in [2.05, 4.69) is 22.3 Å². The van der Waals surface area contributed by atoms with Gasteiger partial charge < -0.3 is 14.8 Å². The highest BCUT2D eigenvalue weighted by molar-refractivity contribution is 5.84. The molecule has 2 heterocycles. The maximum absolute atomic E-state index is 12.0. The Morgan fingerprint density at radius 1 is 1.21 bits per heavy atom. The SMILES string of the molecule is O=C(CN1CC[C@H](c2ccccc2)C1)NCc1ccc(C(=O)O)o1. The lowest BCUT2D eigenvalue weighted by Gasteiger charge is -2.15. The molecular formula is C18H20N2O4. The van der Waals surface area contributed by atoms with Crippen LogP contribution in [-0.2, 0) is 11.3 Å². The summed E-state index contributed by atoms with van der Waals surface area (Å²) in [6.45, 7) is 2.32. The molecule has 24 heavy (non-hydrogen) atoms. The van der Waals surface area contributed by atoms with Crippen molar-refractivity contribution in [1.82, 2.24) is 10.2 Å². The average Bonchev–Trinajstić information content (AvgIpc) is 3.23. The van der Waals surface area contributed by atoms with Crippen molar-refractivity contribution >= 4 is 11.9 Å². The molecule has 1 fully saturated rings. The smallest absolute Gasteiger partial charge is 0.371 e. The summed E-state index contributed by atoms with van der Waals surface area (Å²) in [6, 6.07) is 13.3. The highest BCUT2D eigenvalue weighted by atomic mass is 16.4. The number of likely N-dealkylation sites (tertiary alicyclic amines) is 1. The van der Waals surface area contributed by atoms with Crippen LogP contribution in [0, 0.1) is 0 Å². The molecule has 1 amide bonds. The van der Waals surface area contributed by atoms with Crippen LogP contribution in [0.3, 0.4) is 0 Å². The van der Waals surface area contributed by atoms with Gasteiger partial charge in [0.15, 0.2) is 0 Å². The number of carbonyl (C=O) groups is 2. The molecule has 1 aliphatic rings. The van der Waals surface area contributed by atoms with Crippen LogP contribution in [-0.4, -0.2) is 41.5 Å². The molecular weight excluding hydrogens is 308 g/mol. The molecule has 6 nitrogen and oxygen atoms in total. The first-order valence-electron chi connectivity index (χ1n) is 7.98. The first-order valence-corrected chi connectivity index (χ1v) is 7.98. The zero-order valence-electron chi connectivity index (χ0n) is 13.3. The minimum atomic E-state index is -1.11. The van der Waals surface area contributed by atoms with Crippen LogP contribution in [0.4, 0.5) is 0 Å². The van der Waals surface area contributed by atoms with Crippen LogP contribution in [0.15, 0.2) is 46.9 Å². The fourth-order valence-electron chi connectivity index (χ4n) is 3.01. The molecule has 2 N–H and O–H groups in total. The molecule has 0 aliphatic carbocycles. The van der Waals surface area contributed by atoms with Gasteiger partial charge in [0.25, 0.3) is 0 Å². The summed E-state index contributed by atoms with van der Waals surface area (Å²) in [6.07, 6.45) is 1.05. The van der Waals surface area contributed by atoms with Crippen LogP contribution in [0.2, 0.25) is 0 Å². The Kier molecular flexibility index (Phi) is 4.96. The molecule has 1 aromatic carbocycles. The van der Waals surface area contributed by atoms with Gasteiger partial charge in [-0.1, -0.05) is 30.3 Å². The second-order valence-corrected chi connectivity index (χ2v) is 5.98. The van der Waals surface area contributed by atoms with E-state index in [-0.39, 0.29) is 18.2 Å². The first kappa shape index (κ1) is 16.3. The number of carboxylic acid groups (broad SMARTS) is 1. The maximum atomic E-state index is 12.0. The highest BCUT2D eigenvalue weighted by Gasteiger charge is 2.25. The van der Waals surface area contributed by atoms with Gasteiger partial charge in [0, 0.05) is 6.54 Å². The first-order chi connectivity index (χ1) is 11.6. The summed E-state index contributed by atoms with van der Waals surface area (Å²) in [5.41, 5.74) is 1.32. The Hall–Kier alpha value is -2.60. The predicted molar refractivity (Wildman–Crippen MR) is 87.8 cm³/mol. The molecule has 0 unspecified atom stereocenters. The van der Waals surface area contributed by atoms with Crippen molar-refractivity contribution in [1.29, 1.82) is 0 Å². The Labute approximate surface area is 140 Å². The van der Waals surface area contributed by atoms with Crippen LogP contribution >= 0.6 is 0 Å². The van der Waals surface area contributed by atoms with Crippen LogP contribution < -0.4 is 5.32 Å².